The lowest BCUT2D eigenvalue weighted by Crippen LogP contribution is -2.20. The Morgan fingerprint density at radius 2 is 1.68 bits per heavy atom. The van der Waals surface area contributed by atoms with Gasteiger partial charge in [0.25, 0.3) is 11.8 Å². The number of ether oxygens (including phenoxy) is 2. The standard InChI is InChI=1S/C23H20Cl2N2O4/c1-2-30-21-9-4-3-8-19(21)27-23(29)15-6-5-7-17(12-15)26-22(28)14-31-20-11-10-16(24)13-18(20)25/h3-13H,2,14H2,1H3,(H,26,28)(H,27,29). The van der Waals surface area contributed by atoms with Crippen molar-refractivity contribution < 1.29 is 19.1 Å². The summed E-state index contributed by atoms with van der Waals surface area (Å²) in [5, 5.41) is 6.30. The second kappa shape index (κ2) is 10.7. The molecule has 0 aromatic heterocycles. The van der Waals surface area contributed by atoms with Crippen LogP contribution in [0, 0.1) is 0 Å². The summed E-state index contributed by atoms with van der Waals surface area (Å²) in [6.45, 7) is 2.10. The minimum absolute atomic E-state index is 0.250. The zero-order valence-corrected chi connectivity index (χ0v) is 18.2. The summed E-state index contributed by atoms with van der Waals surface area (Å²) in [5.41, 5.74) is 1.41. The highest BCUT2D eigenvalue weighted by Crippen LogP contribution is 2.27. The first-order chi connectivity index (χ1) is 15.0. The lowest BCUT2D eigenvalue weighted by atomic mass is 10.1. The average Bonchev–Trinajstić information content (AvgIpc) is 2.75. The van der Waals surface area contributed by atoms with Crippen molar-refractivity contribution >= 4 is 46.4 Å². The summed E-state index contributed by atoms with van der Waals surface area (Å²) >= 11 is 11.9. The van der Waals surface area contributed by atoms with E-state index in [0.717, 1.165) is 0 Å². The minimum Gasteiger partial charge on any atom is -0.492 e. The van der Waals surface area contributed by atoms with Crippen molar-refractivity contribution in [3.8, 4) is 11.5 Å². The molecule has 0 atom stereocenters. The number of para-hydroxylation sites is 2. The molecule has 3 aromatic carbocycles. The van der Waals surface area contributed by atoms with Gasteiger partial charge in [-0.2, -0.15) is 0 Å². The van der Waals surface area contributed by atoms with Gasteiger partial charge in [-0.15, -0.1) is 0 Å². The van der Waals surface area contributed by atoms with Crippen LogP contribution >= 0.6 is 23.2 Å². The third-order valence-electron chi connectivity index (χ3n) is 4.10. The maximum atomic E-state index is 12.7. The van der Waals surface area contributed by atoms with Crippen LogP contribution in [0.1, 0.15) is 17.3 Å². The molecule has 2 N–H and O–H groups in total. The van der Waals surface area contributed by atoms with Crippen molar-refractivity contribution in [1.82, 2.24) is 0 Å². The molecule has 0 aliphatic rings. The van der Waals surface area contributed by atoms with Gasteiger partial charge in [0.05, 0.1) is 17.3 Å². The molecule has 0 radical (unpaired) electrons. The van der Waals surface area contributed by atoms with Crippen molar-refractivity contribution in [2.24, 2.45) is 0 Å². The van der Waals surface area contributed by atoms with E-state index in [1.165, 1.54) is 6.07 Å². The summed E-state index contributed by atoms with van der Waals surface area (Å²) in [7, 11) is 0. The highest BCUT2D eigenvalue weighted by Gasteiger charge is 2.12. The highest BCUT2D eigenvalue weighted by atomic mass is 35.5. The molecule has 8 heteroatoms. The van der Waals surface area contributed by atoms with Crippen molar-refractivity contribution in [2.75, 3.05) is 23.8 Å². The van der Waals surface area contributed by atoms with Crippen molar-refractivity contribution in [3.63, 3.8) is 0 Å². The first-order valence-corrected chi connectivity index (χ1v) is 10.2. The molecule has 0 heterocycles. The number of rotatable bonds is 8. The minimum atomic E-state index is -0.398. The van der Waals surface area contributed by atoms with Crippen LogP contribution in [-0.4, -0.2) is 25.0 Å². The lowest BCUT2D eigenvalue weighted by molar-refractivity contribution is -0.118. The topological polar surface area (TPSA) is 76.7 Å². The molecule has 0 unspecified atom stereocenters. The fourth-order valence-electron chi connectivity index (χ4n) is 2.72. The second-order valence-corrected chi connectivity index (χ2v) is 7.22. The predicted octanol–water partition coefficient (Wildman–Crippen LogP) is 5.66. The first-order valence-electron chi connectivity index (χ1n) is 9.47. The van der Waals surface area contributed by atoms with E-state index < -0.39 is 5.91 Å². The van der Waals surface area contributed by atoms with Gasteiger partial charge < -0.3 is 20.1 Å². The fraction of sp³-hybridized carbons (Fsp3) is 0.130. The molecular weight excluding hydrogens is 439 g/mol. The maximum Gasteiger partial charge on any atom is 0.262 e. The molecule has 31 heavy (non-hydrogen) atoms. The maximum absolute atomic E-state index is 12.7. The number of carbonyl (C=O) groups excluding carboxylic acids is 2. The van der Waals surface area contributed by atoms with Crippen LogP contribution in [0.3, 0.4) is 0 Å². The van der Waals surface area contributed by atoms with Gasteiger partial charge in [0.15, 0.2) is 6.61 Å². The monoisotopic (exact) mass is 458 g/mol. The Kier molecular flexibility index (Phi) is 7.76. The summed E-state index contributed by atoms with van der Waals surface area (Å²) in [4.78, 5) is 24.9. The quantitative estimate of drug-likeness (QED) is 0.456. The first kappa shape index (κ1) is 22.5. The van der Waals surface area contributed by atoms with Crippen molar-refractivity contribution in [2.45, 2.75) is 6.92 Å². The van der Waals surface area contributed by atoms with Gasteiger partial charge in [-0.25, -0.2) is 0 Å². The zero-order chi connectivity index (χ0) is 22.2. The van der Waals surface area contributed by atoms with Gasteiger partial charge in [0.1, 0.15) is 11.5 Å². The Morgan fingerprint density at radius 1 is 0.871 bits per heavy atom. The Morgan fingerprint density at radius 3 is 2.45 bits per heavy atom. The van der Waals surface area contributed by atoms with Gasteiger partial charge >= 0.3 is 0 Å². The molecule has 3 rings (SSSR count). The van der Waals surface area contributed by atoms with E-state index in [4.69, 9.17) is 32.7 Å². The van der Waals surface area contributed by atoms with Crippen LogP contribution in [0.2, 0.25) is 10.0 Å². The molecule has 0 aliphatic heterocycles. The summed E-state index contributed by atoms with van der Waals surface area (Å²) < 4.78 is 10.9. The molecule has 0 saturated heterocycles. The van der Waals surface area contributed by atoms with Crippen LogP contribution in [0.25, 0.3) is 0 Å². The number of carbonyl (C=O) groups is 2. The molecule has 0 bridgehead atoms. The predicted molar refractivity (Wildman–Crippen MR) is 123 cm³/mol. The van der Waals surface area contributed by atoms with Crippen LogP contribution in [0.15, 0.2) is 66.7 Å². The van der Waals surface area contributed by atoms with Crippen LogP contribution < -0.4 is 20.1 Å². The lowest BCUT2D eigenvalue weighted by Gasteiger charge is -2.12. The molecule has 3 aromatic rings. The smallest absolute Gasteiger partial charge is 0.262 e. The van der Waals surface area contributed by atoms with Gasteiger partial charge in [0, 0.05) is 16.3 Å². The van der Waals surface area contributed by atoms with Crippen LogP contribution in [-0.2, 0) is 4.79 Å². The van der Waals surface area contributed by atoms with Gasteiger partial charge in [0.2, 0.25) is 0 Å². The molecule has 160 valence electrons. The van der Waals surface area contributed by atoms with E-state index in [9.17, 15) is 9.59 Å². The number of halogens is 2. The van der Waals surface area contributed by atoms with Gasteiger partial charge in [-0.05, 0) is 55.5 Å². The number of anilines is 2. The number of hydrogen-bond donors (Lipinski definition) is 2. The fourth-order valence-corrected chi connectivity index (χ4v) is 3.18. The third-order valence-corrected chi connectivity index (χ3v) is 4.63. The second-order valence-electron chi connectivity index (χ2n) is 6.38. The van der Waals surface area contributed by atoms with E-state index >= 15 is 0 Å². The number of amides is 2. The van der Waals surface area contributed by atoms with E-state index in [0.29, 0.717) is 45.1 Å². The molecule has 2 amide bonds. The largest absolute Gasteiger partial charge is 0.492 e. The molecular formula is C23H20Cl2N2O4. The summed E-state index contributed by atoms with van der Waals surface area (Å²) in [6.07, 6.45) is 0. The molecule has 0 aliphatic carbocycles. The molecule has 0 saturated carbocycles. The van der Waals surface area contributed by atoms with Crippen molar-refractivity contribution in [1.29, 1.82) is 0 Å². The van der Waals surface area contributed by atoms with Crippen molar-refractivity contribution in [3.05, 3.63) is 82.3 Å². The Hall–Kier alpha value is -3.22. The van der Waals surface area contributed by atoms with Crippen LogP contribution in [0.5, 0.6) is 11.5 Å². The zero-order valence-electron chi connectivity index (χ0n) is 16.7. The Balaban J connectivity index is 1.62. The van der Waals surface area contributed by atoms with Gasteiger partial charge in [-0.3, -0.25) is 9.59 Å². The van der Waals surface area contributed by atoms with Crippen LogP contribution in [0.4, 0.5) is 11.4 Å². The van der Waals surface area contributed by atoms with E-state index in [2.05, 4.69) is 10.6 Å². The third kappa shape index (κ3) is 6.38. The Bertz CT molecular complexity index is 1090. The molecule has 6 nitrogen and oxygen atoms in total. The normalized spacial score (nSPS) is 10.3. The Labute approximate surface area is 190 Å². The molecule has 0 spiro atoms. The summed E-state index contributed by atoms with van der Waals surface area (Å²) in [5.74, 6) is 0.209. The highest BCUT2D eigenvalue weighted by molar-refractivity contribution is 6.35. The van der Waals surface area contributed by atoms with E-state index in [1.54, 1.807) is 48.5 Å². The molecule has 0 fully saturated rings. The number of benzene rings is 3. The van der Waals surface area contributed by atoms with Gasteiger partial charge in [-0.1, -0.05) is 41.4 Å². The summed E-state index contributed by atoms with van der Waals surface area (Å²) in [6, 6.07) is 18.5. The average molecular weight is 459 g/mol. The van der Waals surface area contributed by atoms with E-state index in [-0.39, 0.29) is 12.5 Å². The SMILES string of the molecule is CCOc1ccccc1NC(=O)c1cccc(NC(=O)COc2ccc(Cl)cc2Cl)c1. The number of hydrogen-bond acceptors (Lipinski definition) is 4. The van der Waals surface area contributed by atoms with E-state index in [1.807, 2.05) is 19.1 Å². The number of nitrogens with one attached hydrogen (secondary N) is 2.